The smallest absolute Gasteiger partial charge is 0.239 e. The summed E-state index contributed by atoms with van der Waals surface area (Å²) in [6, 6.07) is 5.34. The van der Waals surface area contributed by atoms with Crippen LogP contribution in [0.15, 0.2) is 18.2 Å². The molecule has 2 aromatic rings. The number of nitrogens with two attached hydrogens (primary N) is 1. The van der Waals surface area contributed by atoms with E-state index in [1.54, 1.807) is 29.8 Å². The molecule has 1 aromatic carbocycles. The highest BCUT2D eigenvalue weighted by Crippen LogP contribution is 2.25. The summed E-state index contributed by atoms with van der Waals surface area (Å²) < 4.78 is 1.59. The molecule has 1 aromatic heterocycles. The SMILES string of the molecule is CNC(=O)Cn1c(N)nc2cccc(Cl)c21. The second-order valence-electron chi connectivity index (χ2n) is 3.34. The van der Waals surface area contributed by atoms with Crippen LogP contribution < -0.4 is 11.1 Å². The van der Waals surface area contributed by atoms with E-state index in [2.05, 4.69) is 10.3 Å². The maximum atomic E-state index is 11.3. The lowest BCUT2D eigenvalue weighted by atomic mass is 10.3. The van der Waals surface area contributed by atoms with Crippen LogP contribution in [0.25, 0.3) is 11.0 Å². The highest BCUT2D eigenvalue weighted by molar-refractivity contribution is 6.35. The molecule has 16 heavy (non-hydrogen) atoms. The van der Waals surface area contributed by atoms with Crippen molar-refractivity contribution < 1.29 is 4.79 Å². The molecule has 0 unspecified atom stereocenters. The summed E-state index contributed by atoms with van der Waals surface area (Å²) in [5.74, 6) is 0.137. The Bertz CT molecular complexity index is 549. The Morgan fingerprint density at radius 3 is 3.06 bits per heavy atom. The number of imidazole rings is 1. The quantitative estimate of drug-likeness (QED) is 0.821. The molecular weight excluding hydrogens is 228 g/mol. The number of nitrogen functional groups attached to an aromatic ring is 1. The fourth-order valence-electron chi connectivity index (χ4n) is 1.54. The molecule has 1 amide bonds. The predicted molar refractivity (Wildman–Crippen MR) is 63.2 cm³/mol. The summed E-state index contributed by atoms with van der Waals surface area (Å²) in [4.78, 5) is 15.5. The molecule has 0 radical (unpaired) electrons. The van der Waals surface area contributed by atoms with Crippen molar-refractivity contribution in [2.45, 2.75) is 6.54 Å². The van der Waals surface area contributed by atoms with Crippen molar-refractivity contribution >= 4 is 34.5 Å². The number of benzene rings is 1. The van der Waals surface area contributed by atoms with E-state index in [1.807, 2.05) is 0 Å². The number of para-hydroxylation sites is 1. The summed E-state index contributed by atoms with van der Waals surface area (Å²) in [5, 5.41) is 3.06. The molecule has 0 fully saturated rings. The number of aromatic nitrogens is 2. The number of amides is 1. The van der Waals surface area contributed by atoms with Crippen LogP contribution in [0.4, 0.5) is 5.95 Å². The summed E-state index contributed by atoms with van der Waals surface area (Å²) in [7, 11) is 1.57. The monoisotopic (exact) mass is 238 g/mol. The molecule has 0 saturated heterocycles. The predicted octanol–water partition coefficient (Wildman–Crippen LogP) is 1.02. The molecule has 0 spiro atoms. The molecule has 0 saturated carbocycles. The van der Waals surface area contributed by atoms with Crippen molar-refractivity contribution in [3.8, 4) is 0 Å². The standard InChI is InChI=1S/C10H11ClN4O/c1-13-8(16)5-15-9-6(11)3-2-4-7(9)14-10(15)12/h2-4H,5H2,1H3,(H2,12,14)(H,13,16). The highest BCUT2D eigenvalue weighted by Gasteiger charge is 2.12. The van der Waals surface area contributed by atoms with Gasteiger partial charge in [0.05, 0.1) is 16.1 Å². The number of nitrogens with one attached hydrogen (secondary N) is 1. The van der Waals surface area contributed by atoms with Crippen molar-refractivity contribution in [1.29, 1.82) is 0 Å². The lowest BCUT2D eigenvalue weighted by molar-refractivity contribution is -0.121. The molecule has 0 aliphatic heterocycles. The van der Waals surface area contributed by atoms with Crippen molar-refractivity contribution in [2.75, 3.05) is 12.8 Å². The van der Waals surface area contributed by atoms with Crippen LogP contribution in [0.5, 0.6) is 0 Å². The first-order valence-electron chi connectivity index (χ1n) is 4.74. The summed E-state index contributed by atoms with van der Waals surface area (Å²) in [5.41, 5.74) is 7.11. The van der Waals surface area contributed by atoms with Crippen molar-refractivity contribution in [2.24, 2.45) is 0 Å². The fraction of sp³-hybridized carbons (Fsp3) is 0.200. The average molecular weight is 239 g/mol. The zero-order chi connectivity index (χ0) is 11.7. The van der Waals surface area contributed by atoms with E-state index in [9.17, 15) is 4.79 Å². The largest absolute Gasteiger partial charge is 0.369 e. The molecule has 84 valence electrons. The van der Waals surface area contributed by atoms with E-state index >= 15 is 0 Å². The third kappa shape index (κ3) is 1.69. The van der Waals surface area contributed by atoms with Gasteiger partial charge in [-0.25, -0.2) is 4.98 Å². The molecule has 1 heterocycles. The van der Waals surface area contributed by atoms with E-state index in [0.717, 1.165) is 0 Å². The van der Waals surface area contributed by atoms with Crippen LogP contribution in [0.1, 0.15) is 0 Å². The molecular formula is C10H11ClN4O. The summed E-state index contributed by atoms with van der Waals surface area (Å²) in [6.45, 7) is 0.114. The van der Waals surface area contributed by atoms with E-state index in [1.165, 1.54) is 0 Å². The van der Waals surface area contributed by atoms with Gasteiger partial charge in [-0.1, -0.05) is 17.7 Å². The Balaban J connectivity index is 2.59. The Hall–Kier alpha value is -1.75. The number of carbonyl (C=O) groups is 1. The first-order valence-corrected chi connectivity index (χ1v) is 5.12. The van der Waals surface area contributed by atoms with Gasteiger partial charge in [-0.15, -0.1) is 0 Å². The van der Waals surface area contributed by atoms with Gasteiger partial charge in [-0.05, 0) is 12.1 Å². The van der Waals surface area contributed by atoms with Gasteiger partial charge in [-0.2, -0.15) is 0 Å². The van der Waals surface area contributed by atoms with Crippen LogP contribution in [0, 0.1) is 0 Å². The molecule has 0 aliphatic rings. The second kappa shape index (κ2) is 4.02. The van der Waals surface area contributed by atoms with Gasteiger partial charge in [0, 0.05) is 7.05 Å². The maximum absolute atomic E-state index is 11.3. The number of likely N-dealkylation sites (N-methyl/N-ethyl adjacent to an activating group) is 1. The molecule has 0 atom stereocenters. The Labute approximate surface area is 97.2 Å². The van der Waals surface area contributed by atoms with Crippen LogP contribution in [0.3, 0.4) is 0 Å². The van der Waals surface area contributed by atoms with Crippen molar-refractivity contribution in [3.63, 3.8) is 0 Å². The number of hydrogen-bond donors (Lipinski definition) is 2. The number of anilines is 1. The minimum absolute atomic E-state index is 0.114. The van der Waals surface area contributed by atoms with Gasteiger partial charge < -0.3 is 11.1 Å². The van der Waals surface area contributed by atoms with Crippen LogP contribution >= 0.6 is 11.6 Å². The summed E-state index contributed by atoms with van der Waals surface area (Å²) in [6.07, 6.45) is 0. The van der Waals surface area contributed by atoms with Gasteiger partial charge in [0.15, 0.2) is 0 Å². The number of fused-ring (bicyclic) bond motifs is 1. The topological polar surface area (TPSA) is 72.9 Å². The lowest BCUT2D eigenvalue weighted by Crippen LogP contribution is -2.24. The molecule has 5 nitrogen and oxygen atoms in total. The third-order valence-corrected chi connectivity index (χ3v) is 2.63. The first-order chi connectivity index (χ1) is 7.63. The third-order valence-electron chi connectivity index (χ3n) is 2.33. The van der Waals surface area contributed by atoms with E-state index in [-0.39, 0.29) is 18.4 Å². The van der Waals surface area contributed by atoms with Crippen LogP contribution in [0.2, 0.25) is 5.02 Å². The van der Waals surface area contributed by atoms with Crippen molar-refractivity contribution in [3.05, 3.63) is 23.2 Å². The van der Waals surface area contributed by atoms with Gasteiger partial charge in [-0.3, -0.25) is 9.36 Å². The van der Waals surface area contributed by atoms with E-state index < -0.39 is 0 Å². The Morgan fingerprint density at radius 1 is 1.62 bits per heavy atom. The zero-order valence-corrected chi connectivity index (χ0v) is 9.45. The Morgan fingerprint density at radius 2 is 2.38 bits per heavy atom. The number of rotatable bonds is 2. The molecule has 2 rings (SSSR count). The number of halogens is 1. The van der Waals surface area contributed by atoms with Gasteiger partial charge in [0.1, 0.15) is 6.54 Å². The normalized spacial score (nSPS) is 10.6. The minimum Gasteiger partial charge on any atom is -0.369 e. The number of hydrogen-bond acceptors (Lipinski definition) is 3. The highest BCUT2D eigenvalue weighted by atomic mass is 35.5. The van der Waals surface area contributed by atoms with E-state index in [0.29, 0.717) is 16.1 Å². The Kier molecular flexibility index (Phi) is 2.70. The van der Waals surface area contributed by atoms with Crippen molar-refractivity contribution in [1.82, 2.24) is 14.9 Å². The van der Waals surface area contributed by atoms with Crippen LogP contribution in [-0.2, 0) is 11.3 Å². The zero-order valence-electron chi connectivity index (χ0n) is 8.70. The van der Waals surface area contributed by atoms with Gasteiger partial charge >= 0.3 is 0 Å². The van der Waals surface area contributed by atoms with Gasteiger partial charge in [0.25, 0.3) is 0 Å². The summed E-state index contributed by atoms with van der Waals surface area (Å²) >= 11 is 6.05. The minimum atomic E-state index is -0.147. The van der Waals surface area contributed by atoms with Crippen LogP contribution in [-0.4, -0.2) is 22.5 Å². The molecule has 6 heteroatoms. The average Bonchev–Trinajstić information content (AvgIpc) is 2.56. The van der Waals surface area contributed by atoms with Gasteiger partial charge in [0.2, 0.25) is 11.9 Å². The first kappa shape index (κ1) is 10.8. The van der Waals surface area contributed by atoms with E-state index in [4.69, 9.17) is 17.3 Å². The fourth-order valence-corrected chi connectivity index (χ4v) is 1.81. The number of nitrogens with zero attached hydrogens (tertiary/aromatic N) is 2. The molecule has 0 bridgehead atoms. The maximum Gasteiger partial charge on any atom is 0.239 e. The number of carbonyl (C=O) groups excluding carboxylic acids is 1. The lowest BCUT2D eigenvalue weighted by Gasteiger charge is -2.05. The second-order valence-corrected chi connectivity index (χ2v) is 3.74. The molecule has 3 N–H and O–H groups in total. The molecule has 0 aliphatic carbocycles.